The number of hydrogen-bond donors (Lipinski definition) is 2. The van der Waals surface area contributed by atoms with Crippen LogP contribution >= 0.6 is 0 Å². The van der Waals surface area contributed by atoms with Gasteiger partial charge in [0.25, 0.3) is 5.56 Å². The largest absolute Gasteiger partial charge is 0.497 e. The van der Waals surface area contributed by atoms with E-state index in [1.807, 2.05) is 6.07 Å². The quantitative estimate of drug-likeness (QED) is 0.453. The van der Waals surface area contributed by atoms with Crippen LogP contribution in [-0.2, 0) is 6.54 Å². The number of rotatable bonds is 6. The average Bonchev–Trinajstić information content (AvgIpc) is 3.30. The van der Waals surface area contributed by atoms with Crippen molar-refractivity contribution in [3.8, 4) is 28.7 Å². The summed E-state index contributed by atoms with van der Waals surface area (Å²) in [6.07, 6.45) is 1.37. The van der Waals surface area contributed by atoms with Gasteiger partial charge in [-0.05, 0) is 30.3 Å². The minimum absolute atomic E-state index is 0.0903. The van der Waals surface area contributed by atoms with Gasteiger partial charge >= 0.3 is 5.69 Å². The fourth-order valence-corrected chi connectivity index (χ4v) is 3.54. The minimum atomic E-state index is -0.634. The molecule has 2 N–H and O–H groups in total. The van der Waals surface area contributed by atoms with Crippen LogP contribution in [0.3, 0.4) is 0 Å². The predicted molar refractivity (Wildman–Crippen MR) is 119 cm³/mol. The van der Waals surface area contributed by atoms with Crippen molar-refractivity contribution in [1.82, 2.24) is 19.5 Å². The molecule has 0 aliphatic carbocycles. The maximum Gasteiger partial charge on any atom is 0.334 e. The van der Waals surface area contributed by atoms with Crippen LogP contribution < -0.4 is 35.5 Å². The number of anilines is 1. The highest BCUT2D eigenvalue weighted by molar-refractivity contribution is 5.73. The average molecular weight is 449 g/mol. The SMILES string of the molecule is COc1ccc(OC)c(CNc2ncc3c(=O)n(-c4ccc5c(c4)OCO5)c(=O)[nH]c3n2)c1. The Bertz CT molecular complexity index is 1480. The lowest BCUT2D eigenvalue weighted by Crippen LogP contribution is -2.34. The van der Waals surface area contributed by atoms with E-state index in [9.17, 15) is 9.59 Å². The molecule has 0 saturated carbocycles. The van der Waals surface area contributed by atoms with Gasteiger partial charge in [0.15, 0.2) is 17.1 Å². The number of fused-ring (bicyclic) bond motifs is 2. The molecule has 5 rings (SSSR count). The van der Waals surface area contributed by atoms with Crippen LogP contribution in [-0.4, -0.2) is 40.5 Å². The maximum absolute atomic E-state index is 13.0. The Hall–Kier alpha value is -4.54. The van der Waals surface area contributed by atoms with Crippen molar-refractivity contribution < 1.29 is 18.9 Å². The van der Waals surface area contributed by atoms with E-state index in [0.717, 1.165) is 10.1 Å². The number of aromatic nitrogens is 4. The van der Waals surface area contributed by atoms with Crippen LogP contribution in [0.5, 0.6) is 23.0 Å². The minimum Gasteiger partial charge on any atom is -0.497 e. The van der Waals surface area contributed by atoms with E-state index in [4.69, 9.17) is 18.9 Å². The fourth-order valence-electron chi connectivity index (χ4n) is 3.54. The summed E-state index contributed by atoms with van der Waals surface area (Å²) in [6.45, 7) is 0.428. The Balaban J connectivity index is 1.47. The number of benzene rings is 2. The second-order valence-corrected chi connectivity index (χ2v) is 7.10. The Morgan fingerprint density at radius 3 is 2.76 bits per heavy atom. The van der Waals surface area contributed by atoms with Crippen molar-refractivity contribution in [1.29, 1.82) is 0 Å². The molecule has 33 heavy (non-hydrogen) atoms. The number of nitrogens with zero attached hydrogens (tertiary/aromatic N) is 3. The zero-order valence-electron chi connectivity index (χ0n) is 17.7. The number of nitrogens with one attached hydrogen (secondary N) is 2. The lowest BCUT2D eigenvalue weighted by Gasteiger charge is -2.12. The van der Waals surface area contributed by atoms with Crippen LogP contribution in [0.2, 0.25) is 0 Å². The summed E-state index contributed by atoms with van der Waals surface area (Å²) in [5, 5.41) is 3.24. The van der Waals surface area contributed by atoms with Gasteiger partial charge in [0.05, 0.1) is 19.9 Å². The maximum atomic E-state index is 13.0. The molecule has 0 amide bonds. The molecule has 168 valence electrons. The normalized spacial score (nSPS) is 12.1. The summed E-state index contributed by atoms with van der Waals surface area (Å²) in [4.78, 5) is 36.9. The Morgan fingerprint density at radius 2 is 1.94 bits per heavy atom. The van der Waals surface area contributed by atoms with Gasteiger partial charge in [0.2, 0.25) is 12.7 Å². The van der Waals surface area contributed by atoms with Crippen molar-refractivity contribution in [2.24, 2.45) is 0 Å². The third kappa shape index (κ3) is 3.69. The molecular weight excluding hydrogens is 430 g/mol. The van der Waals surface area contributed by atoms with Gasteiger partial charge in [0.1, 0.15) is 16.9 Å². The third-order valence-electron chi connectivity index (χ3n) is 5.19. The molecule has 0 bridgehead atoms. The molecule has 0 atom stereocenters. The molecule has 0 saturated heterocycles. The standard InChI is InChI=1S/C22H19N5O6/c1-30-14-4-6-16(31-2)12(7-14)9-23-21-24-10-15-19(25-21)26-22(29)27(20(15)28)13-3-5-17-18(8-13)33-11-32-17/h3-8,10H,9,11H2,1-2H3,(H2,23,24,25,26,29). The van der Waals surface area contributed by atoms with E-state index >= 15 is 0 Å². The summed E-state index contributed by atoms with van der Waals surface area (Å²) in [7, 11) is 3.16. The molecule has 0 spiro atoms. The summed E-state index contributed by atoms with van der Waals surface area (Å²) < 4.78 is 22.2. The van der Waals surface area contributed by atoms with E-state index in [2.05, 4.69) is 20.3 Å². The Labute approximate surface area is 186 Å². The second-order valence-electron chi connectivity index (χ2n) is 7.10. The zero-order valence-corrected chi connectivity index (χ0v) is 17.7. The van der Waals surface area contributed by atoms with Gasteiger partial charge in [-0.1, -0.05) is 0 Å². The van der Waals surface area contributed by atoms with E-state index in [-0.39, 0.29) is 23.8 Å². The lowest BCUT2D eigenvalue weighted by molar-refractivity contribution is 0.174. The molecule has 0 radical (unpaired) electrons. The van der Waals surface area contributed by atoms with E-state index in [1.165, 1.54) is 6.20 Å². The van der Waals surface area contributed by atoms with Crippen molar-refractivity contribution in [2.45, 2.75) is 6.54 Å². The number of H-pyrrole nitrogens is 1. The van der Waals surface area contributed by atoms with Gasteiger partial charge in [-0.15, -0.1) is 0 Å². The molecule has 11 nitrogen and oxygen atoms in total. The van der Waals surface area contributed by atoms with Gasteiger partial charge in [0, 0.05) is 24.4 Å². The molecule has 1 aliphatic heterocycles. The highest BCUT2D eigenvalue weighted by Gasteiger charge is 2.17. The van der Waals surface area contributed by atoms with Crippen LogP contribution in [0.4, 0.5) is 5.95 Å². The van der Waals surface area contributed by atoms with Gasteiger partial charge in [-0.3, -0.25) is 9.78 Å². The predicted octanol–water partition coefficient (Wildman–Crippen LogP) is 1.83. The molecular formula is C22H19N5O6. The van der Waals surface area contributed by atoms with Crippen LogP contribution in [0.15, 0.2) is 52.2 Å². The highest BCUT2D eigenvalue weighted by atomic mass is 16.7. The molecule has 1 aliphatic rings. The second kappa shape index (κ2) is 8.19. The first kappa shape index (κ1) is 20.4. The highest BCUT2D eigenvalue weighted by Crippen LogP contribution is 2.33. The van der Waals surface area contributed by atoms with Crippen molar-refractivity contribution in [3.63, 3.8) is 0 Å². The summed E-state index contributed by atoms with van der Waals surface area (Å²) >= 11 is 0. The molecule has 4 aromatic rings. The van der Waals surface area contributed by atoms with Crippen molar-refractivity contribution in [3.05, 3.63) is 69.0 Å². The number of hydrogen-bond acceptors (Lipinski definition) is 9. The van der Waals surface area contributed by atoms with E-state index < -0.39 is 11.2 Å². The molecule has 2 aromatic heterocycles. The lowest BCUT2D eigenvalue weighted by atomic mass is 10.2. The molecule has 0 unspecified atom stereocenters. The fraction of sp³-hybridized carbons (Fsp3) is 0.182. The van der Waals surface area contributed by atoms with Crippen LogP contribution in [0.1, 0.15) is 5.56 Å². The van der Waals surface area contributed by atoms with Gasteiger partial charge in [-0.25, -0.2) is 14.3 Å². The van der Waals surface area contributed by atoms with E-state index in [1.54, 1.807) is 44.6 Å². The van der Waals surface area contributed by atoms with Gasteiger partial charge in [-0.2, -0.15) is 4.98 Å². The monoisotopic (exact) mass is 449 g/mol. The van der Waals surface area contributed by atoms with Gasteiger partial charge < -0.3 is 24.3 Å². The van der Waals surface area contributed by atoms with Crippen LogP contribution in [0.25, 0.3) is 16.7 Å². The summed E-state index contributed by atoms with van der Waals surface area (Å²) in [5.41, 5.74) is 0.114. The summed E-state index contributed by atoms with van der Waals surface area (Å²) in [5.74, 6) is 2.60. The van der Waals surface area contributed by atoms with Crippen molar-refractivity contribution >= 4 is 17.0 Å². The molecule has 2 aromatic carbocycles. The first-order chi connectivity index (χ1) is 16.1. The van der Waals surface area contributed by atoms with E-state index in [0.29, 0.717) is 35.2 Å². The number of aromatic amines is 1. The number of ether oxygens (including phenoxy) is 4. The van der Waals surface area contributed by atoms with Crippen molar-refractivity contribution in [2.75, 3.05) is 26.3 Å². The molecule has 3 heterocycles. The zero-order chi connectivity index (χ0) is 22.9. The smallest absolute Gasteiger partial charge is 0.334 e. The molecule has 11 heteroatoms. The molecule has 0 fully saturated rings. The third-order valence-corrected chi connectivity index (χ3v) is 5.19. The first-order valence-corrected chi connectivity index (χ1v) is 9.94. The Kier molecular flexibility index (Phi) is 5.05. The topological polar surface area (TPSA) is 130 Å². The van der Waals surface area contributed by atoms with Crippen LogP contribution in [0, 0.1) is 0 Å². The summed E-state index contributed by atoms with van der Waals surface area (Å²) in [6, 6.07) is 10.2. The first-order valence-electron chi connectivity index (χ1n) is 9.94. The Morgan fingerprint density at radius 1 is 1.09 bits per heavy atom. The number of methoxy groups -OCH3 is 2.